The van der Waals surface area contributed by atoms with E-state index >= 15 is 0 Å². The fraction of sp³-hybridized carbons (Fsp3) is 0.846. The van der Waals surface area contributed by atoms with Gasteiger partial charge in [-0.15, -0.1) is 0 Å². The SMILES string of the molecule is COC(=O)[C@@]1(F)CCN(C(=O)C2(S(C)(=O)=O)CCCC2)C1. The van der Waals surface area contributed by atoms with Crippen LogP contribution in [0, 0.1) is 0 Å². The molecule has 6 nitrogen and oxygen atoms in total. The maximum Gasteiger partial charge on any atom is 0.345 e. The van der Waals surface area contributed by atoms with Crippen molar-refractivity contribution in [2.75, 3.05) is 26.5 Å². The molecule has 0 radical (unpaired) electrons. The molecule has 2 aliphatic rings. The van der Waals surface area contributed by atoms with E-state index in [4.69, 9.17) is 0 Å². The number of sulfone groups is 1. The van der Waals surface area contributed by atoms with Crippen molar-refractivity contribution in [2.45, 2.75) is 42.5 Å². The Morgan fingerprint density at radius 3 is 2.24 bits per heavy atom. The van der Waals surface area contributed by atoms with Gasteiger partial charge in [-0.25, -0.2) is 17.6 Å². The topological polar surface area (TPSA) is 80.8 Å². The minimum absolute atomic E-state index is 0.0295. The summed E-state index contributed by atoms with van der Waals surface area (Å²) < 4.78 is 41.5. The van der Waals surface area contributed by atoms with Crippen LogP contribution >= 0.6 is 0 Å². The summed E-state index contributed by atoms with van der Waals surface area (Å²) in [4.78, 5) is 25.2. The molecule has 0 bridgehead atoms. The first kappa shape index (κ1) is 16.2. The minimum atomic E-state index is -3.59. The van der Waals surface area contributed by atoms with Gasteiger partial charge in [-0.2, -0.15) is 0 Å². The molecule has 0 aromatic heterocycles. The number of amides is 1. The zero-order chi connectivity index (χ0) is 15.9. The van der Waals surface area contributed by atoms with Crippen LogP contribution in [0.5, 0.6) is 0 Å². The van der Waals surface area contributed by atoms with Gasteiger partial charge in [0.15, 0.2) is 14.6 Å². The summed E-state index contributed by atoms with van der Waals surface area (Å²) in [6.07, 6.45) is 2.73. The first-order valence-corrected chi connectivity index (χ1v) is 8.82. The van der Waals surface area contributed by atoms with Crippen LogP contribution in [0.2, 0.25) is 0 Å². The van der Waals surface area contributed by atoms with Crippen LogP contribution in [0.25, 0.3) is 0 Å². The number of nitrogens with zero attached hydrogens (tertiary/aromatic N) is 1. The van der Waals surface area contributed by atoms with Gasteiger partial charge in [-0.3, -0.25) is 4.79 Å². The van der Waals surface area contributed by atoms with E-state index in [0.29, 0.717) is 12.8 Å². The predicted octanol–water partition coefficient (Wildman–Crippen LogP) is 0.457. The molecule has 0 unspecified atom stereocenters. The largest absolute Gasteiger partial charge is 0.467 e. The van der Waals surface area contributed by atoms with Gasteiger partial charge in [0.2, 0.25) is 11.6 Å². The third kappa shape index (κ3) is 2.54. The maximum atomic E-state index is 14.4. The molecule has 0 aromatic carbocycles. The second-order valence-electron chi connectivity index (χ2n) is 5.91. The first-order chi connectivity index (χ1) is 9.66. The molecule has 2 rings (SSSR count). The van der Waals surface area contributed by atoms with Crippen molar-refractivity contribution in [3.05, 3.63) is 0 Å². The lowest BCUT2D eigenvalue weighted by Crippen LogP contribution is -2.52. The number of rotatable bonds is 3. The summed E-state index contributed by atoms with van der Waals surface area (Å²) in [5.74, 6) is -1.59. The molecule has 2 fully saturated rings. The summed E-state index contributed by atoms with van der Waals surface area (Å²) in [7, 11) is -2.51. The molecule has 1 saturated carbocycles. The zero-order valence-corrected chi connectivity index (χ0v) is 13.0. The van der Waals surface area contributed by atoms with Crippen LogP contribution in [-0.4, -0.2) is 62.1 Å². The van der Waals surface area contributed by atoms with E-state index in [9.17, 15) is 22.4 Å². The third-order valence-corrected chi connectivity index (χ3v) is 6.57. The third-order valence-electron chi connectivity index (χ3n) is 4.57. The van der Waals surface area contributed by atoms with Crippen LogP contribution in [-0.2, 0) is 24.2 Å². The van der Waals surface area contributed by atoms with Crippen LogP contribution in [0.3, 0.4) is 0 Å². The highest BCUT2D eigenvalue weighted by atomic mass is 32.2. The van der Waals surface area contributed by atoms with Crippen LogP contribution < -0.4 is 0 Å². The van der Waals surface area contributed by atoms with Gasteiger partial charge < -0.3 is 9.64 Å². The van der Waals surface area contributed by atoms with Crippen molar-refractivity contribution in [3.8, 4) is 0 Å². The maximum absolute atomic E-state index is 14.4. The molecule has 0 aromatic rings. The van der Waals surface area contributed by atoms with Gasteiger partial charge in [0, 0.05) is 19.2 Å². The lowest BCUT2D eigenvalue weighted by molar-refractivity contribution is -0.154. The summed E-state index contributed by atoms with van der Waals surface area (Å²) >= 11 is 0. The number of halogens is 1. The summed E-state index contributed by atoms with van der Waals surface area (Å²) in [6, 6.07) is 0. The number of carbonyl (C=O) groups excluding carboxylic acids is 2. The van der Waals surface area contributed by atoms with Gasteiger partial charge in [-0.05, 0) is 12.8 Å². The number of esters is 1. The molecule has 1 aliphatic carbocycles. The fourth-order valence-electron chi connectivity index (χ4n) is 3.27. The summed E-state index contributed by atoms with van der Waals surface area (Å²) in [5.41, 5.74) is -2.23. The van der Waals surface area contributed by atoms with Crippen LogP contribution in [0.15, 0.2) is 0 Å². The molecule has 1 saturated heterocycles. The second-order valence-corrected chi connectivity index (χ2v) is 8.23. The lowest BCUT2D eigenvalue weighted by Gasteiger charge is -2.30. The van der Waals surface area contributed by atoms with Crippen molar-refractivity contribution < 1.29 is 27.1 Å². The zero-order valence-electron chi connectivity index (χ0n) is 12.2. The number of likely N-dealkylation sites (tertiary alicyclic amines) is 1. The van der Waals surface area contributed by atoms with E-state index in [0.717, 1.165) is 18.3 Å². The Morgan fingerprint density at radius 1 is 1.19 bits per heavy atom. The summed E-state index contributed by atoms with van der Waals surface area (Å²) in [5, 5.41) is 0. The predicted molar refractivity (Wildman–Crippen MR) is 73.1 cm³/mol. The monoisotopic (exact) mass is 321 g/mol. The molecule has 1 heterocycles. The van der Waals surface area contributed by atoms with Gasteiger partial charge in [0.1, 0.15) is 0 Å². The fourth-order valence-corrected chi connectivity index (χ4v) is 4.75. The van der Waals surface area contributed by atoms with Crippen molar-refractivity contribution >= 4 is 21.7 Å². The molecular formula is C13H20FNO5S. The van der Waals surface area contributed by atoms with Crippen LogP contribution in [0.1, 0.15) is 32.1 Å². The van der Waals surface area contributed by atoms with Crippen molar-refractivity contribution in [1.29, 1.82) is 0 Å². The Hall–Kier alpha value is -1.18. The number of hydrogen-bond acceptors (Lipinski definition) is 5. The lowest BCUT2D eigenvalue weighted by atomic mass is 10.0. The van der Waals surface area contributed by atoms with Gasteiger partial charge in [-0.1, -0.05) is 12.8 Å². The first-order valence-electron chi connectivity index (χ1n) is 6.93. The highest BCUT2D eigenvalue weighted by Crippen LogP contribution is 2.40. The van der Waals surface area contributed by atoms with Crippen molar-refractivity contribution in [1.82, 2.24) is 4.90 Å². The summed E-state index contributed by atoms with van der Waals surface area (Å²) in [6.45, 7) is -0.405. The van der Waals surface area contributed by atoms with Crippen molar-refractivity contribution in [2.24, 2.45) is 0 Å². The molecule has 8 heteroatoms. The highest BCUT2D eigenvalue weighted by Gasteiger charge is 2.56. The minimum Gasteiger partial charge on any atom is -0.467 e. The normalized spacial score (nSPS) is 28.6. The number of ether oxygens (including phenoxy) is 1. The van der Waals surface area contributed by atoms with Gasteiger partial charge in [0.05, 0.1) is 13.7 Å². The molecule has 1 aliphatic heterocycles. The molecule has 1 amide bonds. The molecule has 120 valence electrons. The highest BCUT2D eigenvalue weighted by molar-refractivity contribution is 7.92. The van der Waals surface area contributed by atoms with Crippen molar-refractivity contribution in [3.63, 3.8) is 0 Å². The van der Waals surface area contributed by atoms with E-state index in [2.05, 4.69) is 4.74 Å². The standard InChI is InChI=1S/C13H20FNO5S/c1-20-11(17)12(14)7-8-15(9-12)10(16)13(21(2,18)19)5-3-4-6-13/h3-9H2,1-2H3/t12-/m1/s1. The Morgan fingerprint density at radius 2 is 1.76 bits per heavy atom. The van der Waals surface area contributed by atoms with E-state index < -0.39 is 38.7 Å². The number of alkyl halides is 1. The van der Waals surface area contributed by atoms with Gasteiger partial charge >= 0.3 is 5.97 Å². The quantitative estimate of drug-likeness (QED) is 0.705. The number of hydrogen-bond donors (Lipinski definition) is 0. The molecule has 1 atom stereocenters. The molecular weight excluding hydrogens is 301 g/mol. The smallest absolute Gasteiger partial charge is 0.345 e. The molecule has 0 spiro atoms. The Bertz CT molecular complexity index is 555. The van der Waals surface area contributed by atoms with E-state index in [1.54, 1.807) is 0 Å². The van der Waals surface area contributed by atoms with Crippen LogP contribution in [0.4, 0.5) is 4.39 Å². The second kappa shape index (κ2) is 5.23. The Balaban J connectivity index is 2.23. The number of carbonyl (C=O) groups is 2. The van der Waals surface area contributed by atoms with E-state index in [1.807, 2.05) is 0 Å². The van der Waals surface area contributed by atoms with E-state index in [1.165, 1.54) is 0 Å². The Labute approximate surface area is 123 Å². The average molecular weight is 321 g/mol. The Kier molecular flexibility index (Phi) is 4.03. The average Bonchev–Trinajstić information content (AvgIpc) is 3.04. The molecule has 0 N–H and O–H groups in total. The molecule has 21 heavy (non-hydrogen) atoms. The van der Waals surface area contributed by atoms with E-state index in [-0.39, 0.29) is 25.8 Å². The van der Waals surface area contributed by atoms with Gasteiger partial charge in [0.25, 0.3) is 0 Å². The number of methoxy groups -OCH3 is 1.